The summed E-state index contributed by atoms with van der Waals surface area (Å²) in [6.45, 7) is 6.39. The van der Waals surface area contributed by atoms with Gasteiger partial charge in [-0.15, -0.1) is 0 Å². The van der Waals surface area contributed by atoms with Crippen molar-refractivity contribution in [2.24, 2.45) is 40.9 Å². The molecule has 4 aliphatic carbocycles. The highest BCUT2D eigenvalue weighted by molar-refractivity contribution is 5.09. The van der Waals surface area contributed by atoms with Crippen molar-refractivity contribution in [2.75, 3.05) is 0 Å². The summed E-state index contributed by atoms with van der Waals surface area (Å²) < 4.78 is 15.2. The highest BCUT2D eigenvalue weighted by atomic mass is 19.1. The molecule has 0 bridgehead atoms. The third-order valence-corrected chi connectivity index (χ3v) is 9.13. The van der Waals surface area contributed by atoms with E-state index in [4.69, 9.17) is 0 Å². The summed E-state index contributed by atoms with van der Waals surface area (Å²) in [7, 11) is 0. The number of alkyl halides is 1. The van der Waals surface area contributed by atoms with Crippen LogP contribution >= 0.6 is 0 Å². The minimum absolute atomic E-state index is 0.0737. The van der Waals surface area contributed by atoms with Gasteiger partial charge in [-0.1, -0.05) is 6.92 Å². The summed E-state index contributed by atoms with van der Waals surface area (Å²) in [6, 6.07) is 0.119. The van der Waals surface area contributed by atoms with Crippen molar-refractivity contribution in [2.45, 2.75) is 90.0 Å². The average molecular weight is 354 g/mol. The van der Waals surface area contributed by atoms with Crippen molar-refractivity contribution < 1.29 is 14.7 Å². The van der Waals surface area contributed by atoms with Gasteiger partial charge in [0.25, 0.3) is 0 Å². The van der Waals surface area contributed by atoms with E-state index in [1.807, 2.05) is 6.92 Å². The molecule has 3 nitrogen and oxygen atoms in total. The third kappa shape index (κ3) is 2.78. The lowest BCUT2D eigenvalue weighted by Crippen LogP contribution is -2.54. The Labute approximate surface area is 151 Å². The normalized spacial score (nSPS) is 56.6. The van der Waals surface area contributed by atoms with E-state index in [9.17, 15) is 10.3 Å². The molecule has 4 aliphatic rings. The first-order chi connectivity index (χ1) is 11.8. The Morgan fingerprint density at radius 2 is 1.68 bits per heavy atom. The minimum atomic E-state index is -0.743. The number of fused-ring (bicyclic) bond motifs is 5. The lowest BCUT2D eigenvalue weighted by Gasteiger charge is -2.58. The number of hydroxylamine groups is 1. The monoisotopic (exact) mass is 353 g/mol. The maximum absolute atomic E-state index is 15.2. The molecular weight excluding hydrogens is 317 g/mol. The molecule has 4 fully saturated rings. The predicted molar refractivity (Wildman–Crippen MR) is 95.9 cm³/mol. The van der Waals surface area contributed by atoms with Gasteiger partial charge in [-0.05, 0) is 106 Å². The molecule has 10 atom stereocenters. The van der Waals surface area contributed by atoms with E-state index >= 15 is 4.39 Å². The van der Waals surface area contributed by atoms with Crippen LogP contribution in [-0.4, -0.2) is 28.1 Å². The van der Waals surface area contributed by atoms with E-state index in [-0.39, 0.29) is 17.4 Å². The van der Waals surface area contributed by atoms with Crippen LogP contribution < -0.4 is 5.48 Å². The molecule has 0 aliphatic heterocycles. The van der Waals surface area contributed by atoms with Crippen molar-refractivity contribution in [3.63, 3.8) is 0 Å². The Morgan fingerprint density at radius 3 is 2.40 bits per heavy atom. The first-order valence-electron chi connectivity index (χ1n) is 10.5. The fourth-order valence-electron chi connectivity index (χ4n) is 7.95. The predicted octanol–water partition coefficient (Wildman–Crippen LogP) is 4.32. The molecule has 3 N–H and O–H groups in total. The highest BCUT2D eigenvalue weighted by Gasteiger charge is 2.60. The van der Waals surface area contributed by atoms with E-state index in [0.717, 1.165) is 19.3 Å². The molecule has 0 saturated heterocycles. The van der Waals surface area contributed by atoms with Crippen LogP contribution in [0.2, 0.25) is 0 Å². The van der Waals surface area contributed by atoms with Crippen molar-refractivity contribution in [3.05, 3.63) is 0 Å². The summed E-state index contributed by atoms with van der Waals surface area (Å²) in [6.07, 6.45) is 7.21. The number of nitrogens with one attached hydrogen (secondary N) is 1. The van der Waals surface area contributed by atoms with Gasteiger partial charge in [0.15, 0.2) is 0 Å². The lowest BCUT2D eigenvalue weighted by molar-refractivity contribution is -0.129. The molecular formula is C21H36FNO2. The zero-order valence-corrected chi connectivity index (χ0v) is 16.0. The summed E-state index contributed by atoms with van der Waals surface area (Å²) in [5.41, 5.74) is 2.07. The lowest BCUT2D eigenvalue weighted by atomic mass is 9.48. The molecule has 4 heteroatoms. The van der Waals surface area contributed by atoms with Crippen LogP contribution in [0.5, 0.6) is 0 Å². The molecule has 0 radical (unpaired) electrons. The van der Waals surface area contributed by atoms with Gasteiger partial charge in [0.2, 0.25) is 0 Å². The number of hydrogen-bond donors (Lipinski definition) is 3. The standard InChI is InChI=1S/C21H36FNO2/c1-12(23-25)17-4-5-18-15-10-19(22)16-11-20(2,24)8-6-14(16)13(15)7-9-21(17,18)3/h12-19,23-25H,4-11H2,1-3H3/t12?,13-,14-,15-,16+,17-,18+,19-,20-,21-/m1/s1. The van der Waals surface area contributed by atoms with Crippen LogP contribution in [0.4, 0.5) is 4.39 Å². The quantitative estimate of drug-likeness (QED) is 0.648. The summed E-state index contributed by atoms with van der Waals surface area (Å²) in [4.78, 5) is 0. The number of halogens is 1. The van der Waals surface area contributed by atoms with E-state index < -0.39 is 11.8 Å². The molecule has 0 amide bonds. The van der Waals surface area contributed by atoms with E-state index in [1.165, 1.54) is 19.3 Å². The van der Waals surface area contributed by atoms with E-state index in [0.29, 0.717) is 42.4 Å². The van der Waals surface area contributed by atoms with Gasteiger partial charge >= 0.3 is 0 Å². The van der Waals surface area contributed by atoms with Crippen molar-refractivity contribution >= 4 is 0 Å². The molecule has 0 aromatic rings. The second-order valence-corrected chi connectivity index (χ2v) is 10.4. The number of hydrogen-bond acceptors (Lipinski definition) is 3. The molecule has 144 valence electrons. The minimum Gasteiger partial charge on any atom is -0.390 e. The molecule has 0 spiro atoms. The Bertz CT molecular complexity index is 512. The van der Waals surface area contributed by atoms with Crippen LogP contribution in [0.1, 0.15) is 72.1 Å². The van der Waals surface area contributed by atoms with Crippen LogP contribution in [0.25, 0.3) is 0 Å². The Morgan fingerprint density at radius 1 is 1.00 bits per heavy atom. The molecule has 0 aromatic carbocycles. The van der Waals surface area contributed by atoms with Gasteiger partial charge in [0.1, 0.15) is 6.17 Å². The topological polar surface area (TPSA) is 52.5 Å². The highest BCUT2D eigenvalue weighted by Crippen LogP contribution is 2.65. The fourth-order valence-corrected chi connectivity index (χ4v) is 7.95. The second-order valence-electron chi connectivity index (χ2n) is 10.4. The third-order valence-electron chi connectivity index (χ3n) is 9.13. The van der Waals surface area contributed by atoms with E-state index in [1.54, 1.807) is 0 Å². The molecule has 4 saturated carbocycles. The van der Waals surface area contributed by atoms with Gasteiger partial charge < -0.3 is 10.3 Å². The maximum Gasteiger partial charge on any atom is 0.104 e. The van der Waals surface area contributed by atoms with Gasteiger partial charge in [-0.2, -0.15) is 0 Å². The molecule has 0 aromatic heterocycles. The Balaban J connectivity index is 1.57. The van der Waals surface area contributed by atoms with E-state index in [2.05, 4.69) is 19.3 Å². The van der Waals surface area contributed by atoms with Crippen molar-refractivity contribution in [1.82, 2.24) is 5.48 Å². The van der Waals surface area contributed by atoms with Crippen LogP contribution in [0.15, 0.2) is 0 Å². The zero-order valence-electron chi connectivity index (χ0n) is 16.0. The first kappa shape index (κ1) is 18.2. The molecule has 0 heterocycles. The Kier molecular flexibility index (Phi) is 4.49. The smallest absolute Gasteiger partial charge is 0.104 e. The summed E-state index contributed by atoms with van der Waals surface area (Å²) in [5, 5.41) is 19.9. The van der Waals surface area contributed by atoms with Crippen LogP contribution in [0.3, 0.4) is 0 Å². The number of aliphatic hydroxyl groups is 1. The summed E-state index contributed by atoms with van der Waals surface area (Å²) >= 11 is 0. The Hall–Kier alpha value is -0.190. The fraction of sp³-hybridized carbons (Fsp3) is 1.00. The van der Waals surface area contributed by atoms with Crippen molar-refractivity contribution in [3.8, 4) is 0 Å². The zero-order chi connectivity index (χ0) is 18.0. The van der Waals surface area contributed by atoms with Gasteiger partial charge in [0, 0.05) is 6.04 Å². The van der Waals surface area contributed by atoms with Gasteiger partial charge in [-0.25, -0.2) is 9.87 Å². The second kappa shape index (κ2) is 6.17. The van der Waals surface area contributed by atoms with Crippen LogP contribution in [-0.2, 0) is 0 Å². The summed E-state index contributed by atoms with van der Waals surface area (Å²) in [5.74, 6) is 2.81. The van der Waals surface area contributed by atoms with Crippen molar-refractivity contribution in [1.29, 1.82) is 0 Å². The SMILES string of the molecule is CC(NO)[C@H]1CC[C@H]2[C@@H]3C[C@@H](F)[C@H]4C[C@](C)(O)CC[C@@H]4[C@H]3CC[C@]12C. The largest absolute Gasteiger partial charge is 0.390 e. The maximum atomic E-state index is 15.2. The molecule has 25 heavy (non-hydrogen) atoms. The van der Waals surface area contributed by atoms with Gasteiger partial charge in [0.05, 0.1) is 5.60 Å². The van der Waals surface area contributed by atoms with Gasteiger partial charge in [-0.3, -0.25) is 0 Å². The number of rotatable bonds is 2. The first-order valence-corrected chi connectivity index (χ1v) is 10.5. The molecule has 1 unspecified atom stereocenters. The molecule has 4 rings (SSSR count). The average Bonchev–Trinajstić information content (AvgIpc) is 2.91. The van der Waals surface area contributed by atoms with Crippen LogP contribution in [0, 0.1) is 40.9 Å².